The van der Waals surface area contributed by atoms with Crippen LogP contribution >= 0.6 is 0 Å². The third-order valence-corrected chi connectivity index (χ3v) is 12.5. The Kier molecular flexibility index (Phi) is 12.7. The molecule has 2 aliphatic heterocycles. The Morgan fingerprint density at radius 2 is 1.08 bits per heavy atom. The number of rotatable bonds is 10. The molecule has 7 aromatic rings. The molecule has 7 aromatic carbocycles. The van der Waals surface area contributed by atoms with Crippen LogP contribution in [0.2, 0.25) is 0 Å². The first-order valence-electron chi connectivity index (χ1n) is 20.9. The van der Waals surface area contributed by atoms with Crippen LogP contribution in [-0.4, -0.2) is 75.4 Å². The Bertz CT molecular complexity index is 2820. The molecule has 10 nitrogen and oxygen atoms in total. The molecular formula is C51H52N2O8S. The van der Waals surface area contributed by atoms with Crippen molar-refractivity contribution in [2.75, 3.05) is 25.2 Å². The highest BCUT2D eigenvalue weighted by atomic mass is 32.2. The van der Waals surface area contributed by atoms with Crippen LogP contribution in [0.4, 0.5) is 5.69 Å². The van der Waals surface area contributed by atoms with Gasteiger partial charge < -0.3 is 14.9 Å². The average Bonchev–Trinajstić information content (AvgIpc) is 3.23. The van der Waals surface area contributed by atoms with Gasteiger partial charge in [0.2, 0.25) is 0 Å². The highest BCUT2D eigenvalue weighted by molar-refractivity contribution is 7.88. The van der Waals surface area contributed by atoms with Crippen LogP contribution in [0.15, 0.2) is 102 Å². The van der Waals surface area contributed by atoms with E-state index in [0.29, 0.717) is 68.5 Å². The number of amides is 4. The summed E-state index contributed by atoms with van der Waals surface area (Å²) in [6.07, 6.45) is 1.50. The highest BCUT2D eigenvalue weighted by Crippen LogP contribution is 2.47. The Morgan fingerprint density at radius 1 is 0.629 bits per heavy atom. The Morgan fingerprint density at radius 3 is 1.47 bits per heavy atom. The molecule has 0 aromatic heterocycles. The maximum Gasteiger partial charge on any atom is 0.265 e. The molecule has 0 aliphatic carbocycles. The fraction of sp³-hybridized carbons (Fsp3) is 0.294. The molecule has 2 heterocycles. The number of carbonyl (C=O) groups excluding carboxylic acids is 4. The van der Waals surface area contributed by atoms with Crippen LogP contribution in [0.1, 0.15) is 95.8 Å². The van der Waals surface area contributed by atoms with E-state index in [-0.39, 0.29) is 30.6 Å². The van der Waals surface area contributed by atoms with Gasteiger partial charge in [0, 0.05) is 56.5 Å². The number of carbonyl (C=O) groups is 4. The van der Waals surface area contributed by atoms with Gasteiger partial charge in [-0.2, -0.15) is 0 Å². The van der Waals surface area contributed by atoms with Crippen molar-refractivity contribution >= 4 is 94.0 Å². The van der Waals surface area contributed by atoms with Crippen LogP contribution < -0.4 is 4.90 Å². The van der Waals surface area contributed by atoms with Crippen LogP contribution in [-0.2, 0) is 15.5 Å². The van der Waals surface area contributed by atoms with Crippen molar-refractivity contribution in [2.24, 2.45) is 11.8 Å². The minimum absolute atomic E-state index is 0.122. The number of ether oxygens (including phenoxy) is 1. The van der Waals surface area contributed by atoms with Crippen LogP contribution in [0.5, 0.6) is 0 Å². The van der Waals surface area contributed by atoms with Gasteiger partial charge in [-0.3, -0.25) is 24.1 Å². The van der Waals surface area contributed by atoms with E-state index >= 15 is 0 Å². The van der Waals surface area contributed by atoms with E-state index in [4.69, 9.17) is 10.2 Å². The SMILES string of the molecule is C=CS(=O)c1ccc2cc(N3C(=O)c4ccc5c6ccc7c8c(ccc(c9ccc(c4c59)C3=O)c86)C(=O)N(C(C)CC(C)C)C7=O)ccc2c1.CC(C)CC(C)O.COCCO. The van der Waals surface area contributed by atoms with Gasteiger partial charge in [-0.1, -0.05) is 70.7 Å². The van der Waals surface area contributed by atoms with Gasteiger partial charge in [0.15, 0.2) is 0 Å². The molecule has 62 heavy (non-hydrogen) atoms. The smallest absolute Gasteiger partial charge is 0.265 e. The van der Waals surface area contributed by atoms with Gasteiger partial charge >= 0.3 is 0 Å². The summed E-state index contributed by atoms with van der Waals surface area (Å²) < 4.78 is 16.7. The fourth-order valence-electron chi connectivity index (χ4n) is 9.05. The molecule has 0 saturated heterocycles. The number of anilines is 1. The first-order valence-corrected chi connectivity index (χ1v) is 22.2. The molecule has 0 radical (unpaired) electrons. The normalized spacial score (nSPS) is 15.1. The average molecular weight is 853 g/mol. The Labute approximate surface area is 363 Å². The van der Waals surface area contributed by atoms with Crippen LogP contribution in [0, 0.1) is 11.8 Å². The van der Waals surface area contributed by atoms with E-state index in [1.54, 1.807) is 37.4 Å². The molecule has 0 saturated carbocycles. The molecule has 0 spiro atoms. The Hall–Kier alpha value is -5.85. The highest BCUT2D eigenvalue weighted by Gasteiger charge is 2.39. The molecule has 3 unspecified atom stereocenters. The number of fused-ring (bicyclic) bond motifs is 3. The van der Waals surface area contributed by atoms with Gasteiger partial charge in [-0.15, -0.1) is 0 Å². The fourth-order valence-corrected chi connectivity index (χ4v) is 9.69. The minimum atomic E-state index is -1.33. The lowest BCUT2D eigenvalue weighted by Crippen LogP contribution is -2.46. The maximum atomic E-state index is 14.2. The summed E-state index contributed by atoms with van der Waals surface area (Å²) in [7, 11) is 0.226. The summed E-state index contributed by atoms with van der Waals surface area (Å²) in [5, 5.41) is 26.0. The van der Waals surface area contributed by atoms with E-state index in [9.17, 15) is 23.4 Å². The third kappa shape index (κ3) is 7.79. The quantitative estimate of drug-likeness (QED) is 0.0787. The summed E-state index contributed by atoms with van der Waals surface area (Å²) in [4.78, 5) is 59.5. The van der Waals surface area contributed by atoms with Gasteiger partial charge in [0.05, 0.1) is 35.8 Å². The second-order valence-corrected chi connectivity index (χ2v) is 18.3. The van der Waals surface area contributed by atoms with Gasteiger partial charge in [0.25, 0.3) is 23.6 Å². The van der Waals surface area contributed by atoms with E-state index in [1.165, 1.54) is 15.2 Å². The lowest BCUT2D eigenvalue weighted by Gasteiger charge is -2.33. The summed E-state index contributed by atoms with van der Waals surface area (Å²) in [6.45, 7) is 16.3. The van der Waals surface area contributed by atoms with Crippen molar-refractivity contribution in [3.05, 3.63) is 119 Å². The van der Waals surface area contributed by atoms with E-state index < -0.39 is 22.6 Å². The van der Waals surface area contributed by atoms with E-state index in [0.717, 1.165) is 49.5 Å². The van der Waals surface area contributed by atoms with Crippen molar-refractivity contribution in [3.8, 4) is 0 Å². The standard InChI is InChI=1S/C42H30N2O5S.C6H14O.C3H8O2/c1-5-50(49)26-9-7-23-19-25(8-6-24(23)20-26)44-41(47)33-16-12-29-27-10-14-31-37-32(40(46)43(39(31)45)22(4)18-21(2)3)15-11-28(35(27)37)30-13-17-34(42(44)48)38(33)36(29)30;1-5(2)4-6(3)7;1-5-3-2-4/h5-17,19-22H,1,18H2,2-4H3;5-7H,4H2,1-3H3;4H,2-3H2,1H3. The van der Waals surface area contributed by atoms with Crippen LogP contribution in [0.3, 0.4) is 0 Å². The first-order chi connectivity index (χ1) is 29.6. The second kappa shape index (κ2) is 17.9. The summed E-state index contributed by atoms with van der Waals surface area (Å²) in [5.41, 5.74) is 2.30. The van der Waals surface area contributed by atoms with E-state index in [2.05, 4.69) is 39.0 Å². The molecule has 0 bridgehead atoms. The van der Waals surface area contributed by atoms with Crippen LogP contribution in [0.25, 0.3) is 53.9 Å². The second-order valence-electron chi connectivity index (χ2n) is 16.9. The van der Waals surface area contributed by atoms with Gasteiger partial charge in [-0.05, 0) is 130 Å². The monoisotopic (exact) mass is 852 g/mol. The zero-order valence-electron chi connectivity index (χ0n) is 36.2. The number of imide groups is 2. The molecule has 4 amide bonds. The zero-order valence-corrected chi connectivity index (χ0v) is 37.0. The number of aliphatic hydroxyl groups is 2. The predicted octanol–water partition coefficient (Wildman–Crippen LogP) is 10.0. The van der Waals surface area contributed by atoms with E-state index in [1.807, 2.05) is 68.4 Å². The molecule has 2 aliphatic rings. The van der Waals surface area contributed by atoms with Gasteiger partial charge in [0.1, 0.15) is 0 Å². The first kappa shape index (κ1) is 44.2. The molecule has 11 heteroatoms. The number of nitrogens with zero attached hydrogens (tertiary/aromatic N) is 2. The molecule has 3 atom stereocenters. The topological polar surface area (TPSA) is 142 Å². The molecule has 320 valence electrons. The molecular weight excluding hydrogens is 801 g/mol. The number of hydrogen-bond acceptors (Lipinski definition) is 8. The number of hydrogen-bond donors (Lipinski definition) is 2. The van der Waals surface area contributed by atoms with Gasteiger partial charge in [-0.25, -0.2) is 9.11 Å². The van der Waals surface area contributed by atoms with Crippen molar-refractivity contribution in [1.82, 2.24) is 4.90 Å². The Balaban J connectivity index is 0.000000426. The number of methoxy groups -OCH3 is 1. The molecule has 2 N–H and O–H groups in total. The largest absolute Gasteiger partial charge is 0.394 e. The van der Waals surface area contributed by atoms with Crippen molar-refractivity contribution in [1.29, 1.82) is 0 Å². The lowest BCUT2D eigenvalue weighted by molar-refractivity contribution is 0.0535. The lowest BCUT2D eigenvalue weighted by atomic mass is 9.82. The zero-order chi connectivity index (χ0) is 44.7. The third-order valence-electron chi connectivity index (χ3n) is 11.5. The summed E-state index contributed by atoms with van der Waals surface area (Å²) in [5.74, 6) is -0.458. The molecule has 0 fully saturated rings. The van der Waals surface area contributed by atoms with Crippen molar-refractivity contribution < 1.29 is 38.3 Å². The summed E-state index contributed by atoms with van der Waals surface area (Å²) >= 11 is 0. The summed E-state index contributed by atoms with van der Waals surface area (Å²) in [6, 6.07) is 25.4. The van der Waals surface area contributed by atoms with Crippen molar-refractivity contribution in [2.45, 2.75) is 71.4 Å². The number of aliphatic hydroxyl groups excluding tert-OH is 2. The minimum Gasteiger partial charge on any atom is -0.394 e. The van der Waals surface area contributed by atoms with Crippen molar-refractivity contribution in [3.63, 3.8) is 0 Å². The molecule has 9 rings (SSSR count). The maximum absolute atomic E-state index is 14.2. The predicted molar refractivity (Wildman–Crippen MR) is 249 cm³/mol. The number of benzene rings is 7.